The monoisotopic (exact) mass is 597 g/mol. The molecule has 8 nitrogen and oxygen atoms in total. The Kier molecular flexibility index (Phi) is 6.69. The first-order valence-electron chi connectivity index (χ1n) is 10.9. The van der Waals surface area contributed by atoms with Crippen LogP contribution in [-0.2, 0) is 6.61 Å². The van der Waals surface area contributed by atoms with Crippen molar-refractivity contribution in [1.82, 2.24) is 30.3 Å². The number of nitrogens with one attached hydrogen (secondary N) is 2. The number of imidazole rings is 1. The lowest BCUT2D eigenvalue weighted by Crippen LogP contribution is -2.19. The smallest absolute Gasteiger partial charge is 0.138 e. The van der Waals surface area contributed by atoms with Crippen molar-refractivity contribution in [2.45, 2.75) is 6.61 Å². The summed E-state index contributed by atoms with van der Waals surface area (Å²) in [6.07, 6.45) is 1.88. The lowest BCUT2D eigenvalue weighted by molar-refractivity contribution is 0.301. The molecule has 2 aromatic heterocycles. The topological polar surface area (TPSA) is 93.0 Å². The van der Waals surface area contributed by atoms with E-state index >= 15 is 0 Å². The number of H-pyrrole nitrogens is 1. The van der Waals surface area contributed by atoms with Gasteiger partial charge in [-0.1, -0.05) is 5.21 Å². The minimum absolute atomic E-state index is 0. The Morgan fingerprint density at radius 2 is 1.77 bits per heavy atom. The summed E-state index contributed by atoms with van der Waals surface area (Å²) in [6.45, 7) is 2.05. The number of ether oxygens (including phenoxy) is 1. The van der Waals surface area contributed by atoms with Crippen LogP contribution in [0, 0.1) is 3.57 Å². The summed E-state index contributed by atoms with van der Waals surface area (Å²) in [6, 6.07) is 22.1. The second kappa shape index (κ2) is 10.0. The maximum atomic E-state index is 5.92. The highest BCUT2D eigenvalue weighted by Crippen LogP contribution is 2.24. The van der Waals surface area contributed by atoms with Crippen LogP contribution in [0.4, 0.5) is 0 Å². The normalized spacial score (nSPS) is 12.8. The third-order valence-electron chi connectivity index (χ3n) is 5.58. The maximum absolute atomic E-state index is 5.92. The summed E-state index contributed by atoms with van der Waals surface area (Å²) in [4.78, 5) is 12.6. The predicted molar refractivity (Wildman–Crippen MR) is 147 cm³/mol. The van der Waals surface area contributed by atoms with Gasteiger partial charge in [0.15, 0.2) is 0 Å². The van der Waals surface area contributed by atoms with Gasteiger partial charge in [0.1, 0.15) is 29.7 Å². The van der Waals surface area contributed by atoms with Crippen molar-refractivity contribution in [2.24, 2.45) is 4.99 Å². The van der Waals surface area contributed by atoms with Gasteiger partial charge >= 0.3 is 0 Å². The molecule has 0 bridgehead atoms. The van der Waals surface area contributed by atoms with Gasteiger partial charge < -0.3 is 15.0 Å². The molecule has 1 aliphatic heterocycles. The van der Waals surface area contributed by atoms with E-state index in [0.717, 1.165) is 64.0 Å². The molecule has 0 spiro atoms. The number of hydrogen-bond acceptors (Lipinski definition) is 6. The summed E-state index contributed by atoms with van der Waals surface area (Å²) < 4.78 is 8.84. The standard InChI is InChI=1S/C25H20IN7O.ClH/c26-18-4-6-20(7-5-18)33-14-19(31-32-33)15-34-21-8-1-16(2-9-21)25-29-22-10-3-17(13-23(22)30-25)24-27-11-12-28-24;/h1-10,13-14H,11-12,15H2,(H,27,28)(H,29,30);1H. The minimum atomic E-state index is 0. The first kappa shape index (κ1) is 23.3. The highest BCUT2D eigenvalue weighted by Gasteiger charge is 2.11. The molecule has 0 atom stereocenters. The van der Waals surface area contributed by atoms with Gasteiger partial charge in [0.25, 0.3) is 0 Å². The summed E-state index contributed by atoms with van der Waals surface area (Å²) in [5.41, 5.74) is 5.70. The third-order valence-corrected chi connectivity index (χ3v) is 6.30. The molecule has 3 aromatic carbocycles. The van der Waals surface area contributed by atoms with Crippen LogP contribution in [0.2, 0.25) is 0 Å². The number of aromatic nitrogens is 5. The van der Waals surface area contributed by atoms with Crippen LogP contribution in [0.5, 0.6) is 5.75 Å². The van der Waals surface area contributed by atoms with Crippen LogP contribution >= 0.6 is 35.0 Å². The molecule has 0 amide bonds. The van der Waals surface area contributed by atoms with Crippen LogP contribution in [0.25, 0.3) is 28.1 Å². The molecular weight excluding hydrogens is 577 g/mol. The molecular formula is C25H21ClIN7O. The average molecular weight is 598 g/mol. The van der Waals surface area contributed by atoms with Crippen molar-refractivity contribution in [1.29, 1.82) is 0 Å². The fourth-order valence-electron chi connectivity index (χ4n) is 3.84. The zero-order valence-electron chi connectivity index (χ0n) is 18.5. The van der Waals surface area contributed by atoms with Crippen molar-refractivity contribution >= 4 is 51.9 Å². The number of nitrogens with zero attached hydrogens (tertiary/aromatic N) is 5. The van der Waals surface area contributed by atoms with Crippen molar-refractivity contribution in [2.75, 3.05) is 13.1 Å². The predicted octanol–water partition coefficient (Wildman–Crippen LogP) is 4.77. The average Bonchev–Trinajstić information content (AvgIpc) is 3.64. The quantitative estimate of drug-likeness (QED) is 0.275. The molecule has 176 valence electrons. The lowest BCUT2D eigenvalue weighted by atomic mass is 10.2. The lowest BCUT2D eigenvalue weighted by Gasteiger charge is -2.04. The molecule has 0 saturated carbocycles. The number of rotatable bonds is 6. The summed E-state index contributed by atoms with van der Waals surface area (Å²) in [5.74, 6) is 2.52. The number of hydrogen-bond donors (Lipinski definition) is 2. The van der Waals surface area contributed by atoms with E-state index in [1.54, 1.807) is 4.68 Å². The molecule has 2 N–H and O–H groups in total. The highest BCUT2D eigenvalue weighted by atomic mass is 127. The molecule has 6 rings (SSSR count). The molecule has 0 aliphatic carbocycles. The van der Waals surface area contributed by atoms with E-state index in [2.05, 4.69) is 60.3 Å². The highest BCUT2D eigenvalue weighted by molar-refractivity contribution is 14.1. The molecule has 5 aromatic rings. The molecule has 0 fully saturated rings. The van der Waals surface area contributed by atoms with E-state index in [4.69, 9.17) is 9.72 Å². The SMILES string of the molecule is Cl.Ic1ccc(-n2cc(COc3ccc(-c4nc5ccc(C6=NCCN6)cc5[nH]4)cc3)nn2)cc1. The van der Waals surface area contributed by atoms with Gasteiger partial charge in [-0.05, 0) is 89.3 Å². The van der Waals surface area contributed by atoms with E-state index < -0.39 is 0 Å². The Balaban J connectivity index is 0.00000253. The number of aliphatic imine (C=N–C) groups is 1. The fourth-order valence-corrected chi connectivity index (χ4v) is 4.20. The van der Waals surface area contributed by atoms with Gasteiger partial charge in [0.2, 0.25) is 0 Å². The van der Waals surface area contributed by atoms with Crippen LogP contribution in [0.1, 0.15) is 11.3 Å². The van der Waals surface area contributed by atoms with E-state index in [0.29, 0.717) is 6.61 Å². The van der Waals surface area contributed by atoms with Gasteiger partial charge in [-0.3, -0.25) is 4.99 Å². The van der Waals surface area contributed by atoms with Crippen LogP contribution in [-0.4, -0.2) is 43.9 Å². The Labute approximate surface area is 221 Å². The number of fused-ring (bicyclic) bond motifs is 1. The zero-order valence-corrected chi connectivity index (χ0v) is 21.5. The Hall–Kier alpha value is -3.44. The zero-order chi connectivity index (χ0) is 22.9. The Morgan fingerprint density at radius 1 is 0.971 bits per heavy atom. The molecule has 35 heavy (non-hydrogen) atoms. The minimum Gasteiger partial charge on any atom is -0.487 e. The maximum Gasteiger partial charge on any atom is 0.138 e. The van der Waals surface area contributed by atoms with Gasteiger partial charge in [-0.25, -0.2) is 9.67 Å². The van der Waals surface area contributed by atoms with Crippen molar-refractivity contribution in [3.63, 3.8) is 0 Å². The first-order valence-corrected chi connectivity index (χ1v) is 12.0. The van der Waals surface area contributed by atoms with Gasteiger partial charge in [0.05, 0.1) is 29.5 Å². The summed E-state index contributed by atoms with van der Waals surface area (Å²) in [7, 11) is 0. The van der Waals surface area contributed by atoms with E-state index in [1.165, 1.54) is 3.57 Å². The second-order valence-electron chi connectivity index (χ2n) is 7.92. The Morgan fingerprint density at radius 3 is 2.54 bits per heavy atom. The van der Waals surface area contributed by atoms with E-state index in [-0.39, 0.29) is 12.4 Å². The first-order chi connectivity index (χ1) is 16.7. The number of benzene rings is 3. The largest absolute Gasteiger partial charge is 0.487 e. The summed E-state index contributed by atoms with van der Waals surface area (Å²) in [5, 5.41) is 11.7. The van der Waals surface area contributed by atoms with E-state index in [1.807, 2.05) is 60.8 Å². The van der Waals surface area contributed by atoms with Crippen LogP contribution in [0.15, 0.2) is 77.9 Å². The third kappa shape index (κ3) is 5.01. The van der Waals surface area contributed by atoms with E-state index in [9.17, 15) is 0 Å². The van der Waals surface area contributed by atoms with Crippen LogP contribution < -0.4 is 10.1 Å². The van der Waals surface area contributed by atoms with Gasteiger partial charge in [0, 0.05) is 21.2 Å². The molecule has 1 aliphatic rings. The van der Waals surface area contributed by atoms with Gasteiger partial charge in [-0.2, -0.15) is 0 Å². The molecule has 0 saturated heterocycles. The van der Waals surface area contributed by atoms with Gasteiger partial charge in [-0.15, -0.1) is 17.5 Å². The number of amidine groups is 1. The molecule has 0 radical (unpaired) electrons. The second-order valence-corrected chi connectivity index (χ2v) is 9.16. The van der Waals surface area contributed by atoms with Crippen molar-refractivity contribution in [3.05, 3.63) is 87.8 Å². The molecule has 0 unspecified atom stereocenters. The van der Waals surface area contributed by atoms with Crippen molar-refractivity contribution in [3.8, 4) is 22.8 Å². The summed E-state index contributed by atoms with van der Waals surface area (Å²) >= 11 is 2.28. The fraction of sp³-hybridized carbons (Fsp3) is 0.120. The number of aromatic amines is 1. The number of halogens is 2. The molecule has 10 heteroatoms. The van der Waals surface area contributed by atoms with Crippen molar-refractivity contribution < 1.29 is 4.74 Å². The molecule has 3 heterocycles. The van der Waals surface area contributed by atoms with Crippen LogP contribution in [0.3, 0.4) is 0 Å². The Bertz CT molecular complexity index is 1490.